The highest BCUT2D eigenvalue weighted by atomic mass is 16.4. The van der Waals surface area contributed by atoms with Crippen molar-refractivity contribution < 1.29 is 48.6 Å². The summed E-state index contributed by atoms with van der Waals surface area (Å²) < 4.78 is 0. The van der Waals surface area contributed by atoms with E-state index in [1.807, 2.05) is 0 Å². The maximum atomic E-state index is 13.8. The van der Waals surface area contributed by atoms with E-state index in [0.717, 1.165) is 11.1 Å². The number of aromatic hydroxyl groups is 1. The number of nitrogens with two attached hydrogens (primary N) is 1. The first-order valence-electron chi connectivity index (χ1n) is 18.2. The van der Waals surface area contributed by atoms with Gasteiger partial charge in [-0.15, -0.1) is 0 Å². The number of hydrogen-bond acceptors (Lipinski definition) is 10. The average molecular weight is 781 g/mol. The monoisotopic (exact) mass is 780 g/mol. The number of carbonyl (C=O) groups is 8. The fraction of sp³-hybridized carbons (Fsp3) is 0.474. The summed E-state index contributed by atoms with van der Waals surface area (Å²) in [6.07, 6.45) is -0.644. The first kappa shape index (κ1) is 44.4. The largest absolute Gasteiger partial charge is 0.508 e. The van der Waals surface area contributed by atoms with E-state index in [1.165, 1.54) is 13.0 Å². The van der Waals surface area contributed by atoms with Gasteiger partial charge in [0, 0.05) is 13.0 Å². The molecule has 6 atom stereocenters. The summed E-state index contributed by atoms with van der Waals surface area (Å²) >= 11 is 0. The molecule has 18 nitrogen and oxygen atoms in total. The lowest BCUT2D eigenvalue weighted by Gasteiger charge is -2.29. The molecule has 7 amide bonds. The Kier molecular flexibility index (Phi) is 16.3. The van der Waals surface area contributed by atoms with E-state index in [1.54, 1.807) is 70.2 Å². The molecule has 1 aliphatic heterocycles. The standard InChI is InChI=1S/C38H52N8O10/c1-19(2)31(37(55)41-18-29(39)48)46-38(56)32(20(3)4)45-36(54)28(16-30(49)50)44-35(53)27(13-22-9-7-6-8-10-22)43-33(51)21(5)42-34(52)26-15-23-11-12-25(47)14-24(23)17-40-26/h6-12,14,19-21,26-28,31-32,40,47H,13,15-18H2,1-5H3,(H2,39,48)(H,41,55)(H,42,52)(H,43,51)(H,44,53)(H,45,54)(H,46,56)(H,49,50)/t21-,26?,27+,28+,31+,32+/m1/s1. The number of carbonyl (C=O) groups excluding carboxylic acids is 7. The SMILES string of the molecule is CC(C)[C@H](NC(=O)[C@H](CC(=O)O)NC(=O)[C@H](Cc1ccccc1)NC(=O)[C@@H](C)NC(=O)C1Cc2ccc(O)cc2CN1)C(=O)N[C@H](C(=O)NCC(N)=O)C(C)C. The number of carboxylic acids is 1. The Morgan fingerprint density at radius 1 is 0.732 bits per heavy atom. The first-order chi connectivity index (χ1) is 26.4. The number of fused-ring (bicyclic) bond motifs is 1. The molecule has 11 N–H and O–H groups in total. The zero-order valence-corrected chi connectivity index (χ0v) is 32.0. The number of hydrogen-bond donors (Lipinski definition) is 10. The molecule has 1 aliphatic rings. The Hall–Kier alpha value is -6.04. The first-order valence-corrected chi connectivity index (χ1v) is 18.2. The van der Waals surface area contributed by atoms with E-state index < -0.39 is 108 Å². The molecular formula is C38H52N8O10. The molecule has 2 aromatic carbocycles. The maximum Gasteiger partial charge on any atom is 0.305 e. The molecule has 3 rings (SSSR count). The number of nitrogens with one attached hydrogen (secondary N) is 7. The van der Waals surface area contributed by atoms with Crippen LogP contribution < -0.4 is 43.0 Å². The number of aliphatic carboxylic acids is 1. The van der Waals surface area contributed by atoms with Crippen molar-refractivity contribution >= 4 is 47.3 Å². The summed E-state index contributed by atoms with van der Waals surface area (Å²) in [6, 6.07) is 6.22. The third-order valence-electron chi connectivity index (χ3n) is 9.08. The Bertz CT molecular complexity index is 1770. The van der Waals surface area contributed by atoms with Crippen LogP contribution in [-0.4, -0.2) is 100 Å². The lowest BCUT2D eigenvalue weighted by molar-refractivity contribution is -0.141. The Labute approximate surface area is 324 Å². The van der Waals surface area contributed by atoms with Crippen LogP contribution in [0.2, 0.25) is 0 Å². The normalized spacial score (nSPS) is 16.2. The van der Waals surface area contributed by atoms with E-state index in [4.69, 9.17) is 5.73 Å². The van der Waals surface area contributed by atoms with Crippen molar-refractivity contribution in [3.05, 3.63) is 65.2 Å². The van der Waals surface area contributed by atoms with Crippen LogP contribution in [0.4, 0.5) is 0 Å². The molecule has 0 saturated carbocycles. The van der Waals surface area contributed by atoms with Gasteiger partial charge in [0.2, 0.25) is 41.4 Å². The van der Waals surface area contributed by atoms with Crippen LogP contribution in [0.25, 0.3) is 0 Å². The third kappa shape index (κ3) is 13.4. The lowest BCUT2D eigenvalue weighted by Crippen LogP contribution is -2.61. The fourth-order valence-electron chi connectivity index (χ4n) is 5.93. The maximum absolute atomic E-state index is 13.8. The molecule has 0 aromatic heterocycles. The van der Waals surface area contributed by atoms with Gasteiger partial charge in [-0.05, 0) is 54.0 Å². The second-order valence-electron chi connectivity index (χ2n) is 14.4. The molecule has 2 aromatic rings. The van der Waals surface area contributed by atoms with Crippen LogP contribution >= 0.6 is 0 Å². The van der Waals surface area contributed by atoms with Crippen LogP contribution in [-0.2, 0) is 57.7 Å². The number of primary amides is 1. The van der Waals surface area contributed by atoms with Gasteiger partial charge < -0.3 is 53.2 Å². The number of amides is 7. The van der Waals surface area contributed by atoms with Crippen molar-refractivity contribution in [3.8, 4) is 5.75 Å². The van der Waals surface area contributed by atoms with E-state index in [0.29, 0.717) is 18.5 Å². The summed E-state index contributed by atoms with van der Waals surface area (Å²) in [7, 11) is 0. The van der Waals surface area contributed by atoms with Gasteiger partial charge >= 0.3 is 5.97 Å². The minimum absolute atomic E-state index is 0.0697. The van der Waals surface area contributed by atoms with Gasteiger partial charge in [0.25, 0.3) is 0 Å². The van der Waals surface area contributed by atoms with Gasteiger partial charge in [-0.25, -0.2) is 0 Å². The topological polar surface area (TPSA) is 287 Å². The number of carboxylic acid groups (broad SMARTS) is 1. The Morgan fingerprint density at radius 2 is 1.32 bits per heavy atom. The van der Waals surface area contributed by atoms with E-state index in [9.17, 15) is 48.6 Å². The average Bonchev–Trinajstić information content (AvgIpc) is 3.13. The van der Waals surface area contributed by atoms with Crippen molar-refractivity contribution in [2.24, 2.45) is 17.6 Å². The van der Waals surface area contributed by atoms with Crippen LogP contribution in [0, 0.1) is 11.8 Å². The number of phenolic OH excluding ortho intramolecular Hbond substituents is 1. The number of rotatable bonds is 19. The summed E-state index contributed by atoms with van der Waals surface area (Å²) in [6.45, 7) is 7.80. The smallest absolute Gasteiger partial charge is 0.305 e. The highest BCUT2D eigenvalue weighted by molar-refractivity contribution is 5.98. The highest BCUT2D eigenvalue weighted by Gasteiger charge is 2.35. The summed E-state index contributed by atoms with van der Waals surface area (Å²) in [5.74, 6) is -7.74. The fourth-order valence-corrected chi connectivity index (χ4v) is 5.93. The van der Waals surface area contributed by atoms with Crippen molar-refractivity contribution in [3.63, 3.8) is 0 Å². The molecule has 304 valence electrons. The molecule has 0 fully saturated rings. The molecule has 18 heteroatoms. The molecule has 0 spiro atoms. The van der Waals surface area contributed by atoms with E-state index in [2.05, 4.69) is 37.2 Å². The van der Waals surface area contributed by atoms with Crippen LogP contribution in [0.3, 0.4) is 0 Å². The van der Waals surface area contributed by atoms with Crippen molar-refractivity contribution in [1.29, 1.82) is 0 Å². The van der Waals surface area contributed by atoms with Crippen molar-refractivity contribution in [1.82, 2.24) is 37.2 Å². The molecule has 0 aliphatic carbocycles. The van der Waals surface area contributed by atoms with E-state index >= 15 is 0 Å². The lowest BCUT2D eigenvalue weighted by atomic mass is 9.95. The minimum Gasteiger partial charge on any atom is -0.508 e. The van der Waals surface area contributed by atoms with Crippen molar-refractivity contribution in [2.45, 2.75) is 96.7 Å². The van der Waals surface area contributed by atoms with Gasteiger partial charge in [-0.2, -0.15) is 0 Å². The highest BCUT2D eigenvalue weighted by Crippen LogP contribution is 2.21. The zero-order valence-electron chi connectivity index (χ0n) is 32.0. The van der Waals surface area contributed by atoms with Crippen LogP contribution in [0.1, 0.15) is 57.7 Å². The predicted molar refractivity (Wildman–Crippen MR) is 202 cm³/mol. The number of phenols is 1. The molecule has 0 radical (unpaired) electrons. The Balaban J connectivity index is 1.75. The molecule has 1 heterocycles. The van der Waals surface area contributed by atoms with Gasteiger partial charge in [0.05, 0.1) is 19.0 Å². The van der Waals surface area contributed by atoms with Crippen LogP contribution in [0.15, 0.2) is 48.5 Å². The quantitative estimate of drug-likeness (QED) is 0.0782. The number of benzene rings is 2. The van der Waals surface area contributed by atoms with Gasteiger partial charge in [-0.1, -0.05) is 64.1 Å². The van der Waals surface area contributed by atoms with Gasteiger partial charge in [0.1, 0.15) is 36.0 Å². The predicted octanol–water partition coefficient (Wildman–Crippen LogP) is -1.52. The molecule has 0 saturated heterocycles. The second kappa shape index (κ2) is 20.6. The third-order valence-corrected chi connectivity index (χ3v) is 9.08. The van der Waals surface area contributed by atoms with E-state index in [-0.39, 0.29) is 12.2 Å². The zero-order chi connectivity index (χ0) is 41.7. The summed E-state index contributed by atoms with van der Waals surface area (Å²) in [5, 5.41) is 37.5. The van der Waals surface area contributed by atoms with Gasteiger partial charge in [-0.3, -0.25) is 38.4 Å². The van der Waals surface area contributed by atoms with Crippen molar-refractivity contribution in [2.75, 3.05) is 6.54 Å². The van der Waals surface area contributed by atoms with Gasteiger partial charge in [0.15, 0.2) is 0 Å². The second-order valence-corrected chi connectivity index (χ2v) is 14.4. The minimum atomic E-state index is -1.71. The molecule has 0 bridgehead atoms. The summed E-state index contributed by atoms with van der Waals surface area (Å²) in [4.78, 5) is 103. The molecule has 1 unspecified atom stereocenters. The summed E-state index contributed by atoms with van der Waals surface area (Å²) in [5.41, 5.74) is 7.43. The van der Waals surface area contributed by atoms with Crippen LogP contribution in [0.5, 0.6) is 5.75 Å². The Morgan fingerprint density at radius 3 is 1.93 bits per heavy atom. The molecule has 56 heavy (non-hydrogen) atoms. The molecular weight excluding hydrogens is 728 g/mol.